The lowest BCUT2D eigenvalue weighted by atomic mass is 9.33. The van der Waals surface area contributed by atoms with Gasteiger partial charge in [0.25, 0.3) is 6.71 Å². The van der Waals surface area contributed by atoms with Crippen LogP contribution in [0.15, 0.2) is 176 Å². The van der Waals surface area contributed by atoms with Crippen LogP contribution in [0.2, 0.25) is 19.6 Å². The second-order valence-electron chi connectivity index (χ2n) is 14.3. The third kappa shape index (κ3) is 4.96. The highest BCUT2D eigenvalue weighted by Gasteiger charge is 2.44. The van der Waals surface area contributed by atoms with Crippen LogP contribution in [0.3, 0.4) is 0 Å². The van der Waals surface area contributed by atoms with Crippen LogP contribution < -0.4 is 36.3 Å². The van der Waals surface area contributed by atoms with Gasteiger partial charge in [0.1, 0.15) is 0 Å². The molecule has 240 valence electrons. The van der Waals surface area contributed by atoms with Crippen LogP contribution in [-0.2, 0) is 0 Å². The topological polar surface area (TPSA) is 9.72 Å². The largest absolute Gasteiger partial charge is 0.311 e. The first-order valence-electron chi connectivity index (χ1n) is 17.5. The molecule has 0 aromatic heterocycles. The van der Waals surface area contributed by atoms with E-state index in [1.54, 1.807) is 0 Å². The fourth-order valence-corrected chi connectivity index (χ4v) is 8.96. The number of nitrogens with zero attached hydrogens (tertiary/aromatic N) is 3. The van der Waals surface area contributed by atoms with Crippen molar-refractivity contribution in [2.24, 2.45) is 0 Å². The second-order valence-corrected chi connectivity index (χ2v) is 19.3. The van der Waals surface area contributed by atoms with Crippen LogP contribution in [0.25, 0.3) is 0 Å². The van der Waals surface area contributed by atoms with Gasteiger partial charge in [-0.15, -0.1) is 0 Å². The fraction of sp³-hybridized carbons (Fsp3) is 0.0667. The summed E-state index contributed by atoms with van der Waals surface area (Å²) in [6.07, 6.45) is 0. The summed E-state index contributed by atoms with van der Waals surface area (Å²) in [7, 11) is -1.76. The highest BCUT2D eigenvalue weighted by molar-refractivity contribution is 7.00. The summed E-state index contributed by atoms with van der Waals surface area (Å²) in [5, 5.41) is 1.45. The normalized spacial score (nSPS) is 13.0. The molecule has 0 spiro atoms. The monoisotopic (exact) mass is 659 g/mol. The average molecular weight is 660 g/mol. The Morgan fingerprint density at radius 2 is 0.880 bits per heavy atom. The van der Waals surface area contributed by atoms with Gasteiger partial charge in [0, 0.05) is 51.2 Å². The molecular formula is C45H38BN3Si. The van der Waals surface area contributed by atoms with Gasteiger partial charge in [-0.05, 0) is 95.3 Å². The Hall–Kier alpha value is -5.78. The standard InChI is InChI=1S/C45H38BN3Si/c1-50(2,3)38-31-43-45-44(32-38)49(36-24-14-7-15-25-36)42-30-37(47(33-18-8-4-9-19-33)34-20-10-5-11-21-34)28-29-40(42)46(45)39-26-16-17-27-41(39)48(43)35-22-12-6-13-23-35/h4-32H,1-3H3. The molecule has 0 unspecified atom stereocenters. The van der Waals surface area contributed by atoms with Crippen molar-refractivity contribution in [3.63, 3.8) is 0 Å². The maximum Gasteiger partial charge on any atom is 0.252 e. The molecule has 0 saturated heterocycles. The number of fused-ring (bicyclic) bond motifs is 4. The summed E-state index contributed by atoms with van der Waals surface area (Å²) < 4.78 is 0. The number of benzene rings is 7. The van der Waals surface area contributed by atoms with Crippen molar-refractivity contribution in [1.29, 1.82) is 0 Å². The summed E-state index contributed by atoms with van der Waals surface area (Å²) in [6, 6.07) is 64.4. The molecule has 9 rings (SSSR count). The molecule has 50 heavy (non-hydrogen) atoms. The molecule has 0 aliphatic carbocycles. The van der Waals surface area contributed by atoms with Crippen molar-refractivity contribution >= 4 is 87.5 Å². The lowest BCUT2D eigenvalue weighted by Crippen LogP contribution is -2.62. The average Bonchev–Trinajstić information content (AvgIpc) is 3.16. The summed E-state index contributed by atoms with van der Waals surface area (Å²) in [6.45, 7) is 7.46. The first-order valence-corrected chi connectivity index (χ1v) is 21.0. The van der Waals surface area contributed by atoms with Crippen molar-refractivity contribution in [2.75, 3.05) is 14.7 Å². The number of rotatable bonds is 6. The Morgan fingerprint density at radius 1 is 0.420 bits per heavy atom. The van der Waals surface area contributed by atoms with Gasteiger partial charge in [0.05, 0.1) is 8.07 Å². The maximum absolute atomic E-state index is 2.53. The molecule has 7 aromatic carbocycles. The molecule has 0 N–H and O–H groups in total. The van der Waals surface area contributed by atoms with E-state index in [9.17, 15) is 0 Å². The third-order valence-electron chi connectivity index (χ3n) is 10.1. The minimum atomic E-state index is -1.76. The number of anilines is 9. The molecule has 7 aromatic rings. The lowest BCUT2D eigenvalue weighted by Gasteiger charge is -2.45. The fourth-order valence-electron chi connectivity index (χ4n) is 7.82. The first kappa shape index (κ1) is 30.3. The van der Waals surface area contributed by atoms with Crippen molar-refractivity contribution in [3.05, 3.63) is 176 Å². The van der Waals surface area contributed by atoms with Crippen molar-refractivity contribution in [2.45, 2.75) is 19.6 Å². The molecule has 0 bridgehead atoms. The Bertz CT molecular complexity index is 2280. The molecule has 2 aliphatic heterocycles. The van der Waals surface area contributed by atoms with Crippen molar-refractivity contribution in [3.8, 4) is 0 Å². The van der Waals surface area contributed by atoms with E-state index in [-0.39, 0.29) is 6.71 Å². The van der Waals surface area contributed by atoms with Gasteiger partial charge in [-0.1, -0.05) is 122 Å². The van der Waals surface area contributed by atoms with Crippen LogP contribution in [-0.4, -0.2) is 14.8 Å². The highest BCUT2D eigenvalue weighted by atomic mass is 28.3. The van der Waals surface area contributed by atoms with E-state index in [2.05, 4.69) is 210 Å². The van der Waals surface area contributed by atoms with E-state index in [0.717, 1.165) is 22.7 Å². The van der Waals surface area contributed by atoms with Gasteiger partial charge in [0.15, 0.2) is 0 Å². The minimum absolute atomic E-state index is 0.0813. The summed E-state index contributed by atoms with van der Waals surface area (Å²) in [5.41, 5.74) is 14.7. The lowest BCUT2D eigenvalue weighted by molar-refractivity contribution is 1.24. The molecule has 0 amide bonds. The molecule has 2 heterocycles. The zero-order valence-electron chi connectivity index (χ0n) is 28.7. The van der Waals surface area contributed by atoms with Crippen molar-refractivity contribution < 1.29 is 0 Å². The molecule has 3 nitrogen and oxygen atoms in total. The van der Waals surface area contributed by atoms with E-state index >= 15 is 0 Å². The molecular weight excluding hydrogens is 621 g/mol. The highest BCUT2D eigenvalue weighted by Crippen LogP contribution is 2.45. The van der Waals surface area contributed by atoms with E-state index < -0.39 is 8.07 Å². The van der Waals surface area contributed by atoms with E-state index in [1.165, 1.54) is 50.0 Å². The molecule has 5 heteroatoms. The van der Waals surface area contributed by atoms with Crippen LogP contribution in [0.4, 0.5) is 51.2 Å². The van der Waals surface area contributed by atoms with Crippen molar-refractivity contribution in [1.82, 2.24) is 0 Å². The van der Waals surface area contributed by atoms with E-state index in [1.807, 2.05) is 0 Å². The SMILES string of the molecule is C[Si](C)(C)c1cc2c3c(c1)N(c1ccccc1)c1cc(N(c4ccccc4)c4ccccc4)ccc1B3c1ccccc1N2c1ccccc1. The Labute approximate surface area is 296 Å². The Balaban J connectivity index is 1.36. The predicted molar refractivity (Wildman–Crippen MR) is 218 cm³/mol. The van der Waals surface area contributed by atoms with Gasteiger partial charge < -0.3 is 14.7 Å². The zero-order chi connectivity index (χ0) is 33.8. The molecule has 0 atom stereocenters. The van der Waals surface area contributed by atoms with Crippen LogP contribution >= 0.6 is 0 Å². The van der Waals surface area contributed by atoms with Gasteiger partial charge >= 0.3 is 0 Å². The minimum Gasteiger partial charge on any atom is -0.311 e. The summed E-state index contributed by atoms with van der Waals surface area (Å²) >= 11 is 0. The van der Waals surface area contributed by atoms with Gasteiger partial charge in [-0.2, -0.15) is 0 Å². The van der Waals surface area contributed by atoms with Gasteiger partial charge in [0.2, 0.25) is 0 Å². The Morgan fingerprint density at radius 3 is 1.42 bits per heavy atom. The summed E-state index contributed by atoms with van der Waals surface area (Å²) in [4.78, 5) is 7.40. The number of para-hydroxylation sites is 5. The summed E-state index contributed by atoms with van der Waals surface area (Å²) in [5.74, 6) is 0. The van der Waals surface area contributed by atoms with Crippen LogP contribution in [0.1, 0.15) is 0 Å². The molecule has 0 fully saturated rings. The maximum atomic E-state index is 2.53. The smallest absolute Gasteiger partial charge is 0.252 e. The third-order valence-corrected chi connectivity index (χ3v) is 12.2. The van der Waals surface area contributed by atoms with Gasteiger partial charge in [-0.3, -0.25) is 0 Å². The predicted octanol–water partition coefficient (Wildman–Crippen LogP) is 9.78. The first-order chi connectivity index (χ1) is 24.5. The second kappa shape index (κ2) is 12.0. The van der Waals surface area contributed by atoms with E-state index in [0.29, 0.717) is 0 Å². The van der Waals surface area contributed by atoms with Crippen LogP contribution in [0, 0.1) is 0 Å². The quantitative estimate of drug-likeness (QED) is 0.165. The molecule has 2 aliphatic rings. The zero-order valence-corrected chi connectivity index (χ0v) is 29.7. The molecule has 0 saturated carbocycles. The Kier molecular flexibility index (Phi) is 7.25. The van der Waals surface area contributed by atoms with Crippen LogP contribution in [0.5, 0.6) is 0 Å². The molecule has 0 radical (unpaired) electrons. The number of hydrogen-bond acceptors (Lipinski definition) is 3. The van der Waals surface area contributed by atoms with Gasteiger partial charge in [-0.25, -0.2) is 0 Å². The number of hydrogen-bond donors (Lipinski definition) is 0. The van der Waals surface area contributed by atoms with E-state index in [4.69, 9.17) is 0 Å².